The molecule has 5 rings (SSSR count). The summed E-state index contributed by atoms with van der Waals surface area (Å²) < 4.78 is 6.90. The minimum absolute atomic E-state index is 0.0298. The molecule has 0 radical (unpaired) electrons. The van der Waals surface area contributed by atoms with Crippen LogP contribution in [0, 0.1) is 23.2 Å². The van der Waals surface area contributed by atoms with Gasteiger partial charge in [0.05, 0.1) is 7.11 Å². The van der Waals surface area contributed by atoms with Crippen molar-refractivity contribution in [2.24, 2.45) is 23.2 Å². The normalized spacial score (nSPS) is 31.2. The van der Waals surface area contributed by atoms with Gasteiger partial charge in [-0.1, -0.05) is 6.92 Å². The molecule has 2 aromatic rings. The first-order valence-electron chi connectivity index (χ1n) is 9.56. The van der Waals surface area contributed by atoms with E-state index in [1.54, 1.807) is 7.11 Å². The lowest BCUT2D eigenvalue weighted by Gasteiger charge is -2.34. The fraction of sp³-hybridized carbons (Fsp3) is 0.579. The molecule has 1 aromatic heterocycles. The zero-order valence-electron chi connectivity index (χ0n) is 15.6. The minimum atomic E-state index is -0.0298. The molecule has 1 N–H and O–H groups in total. The van der Waals surface area contributed by atoms with Crippen LogP contribution >= 0.6 is 0 Å². The van der Waals surface area contributed by atoms with E-state index in [9.17, 15) is 4.79 Å². The van der Waals surface area contributed by atoms with Crippen LogP contribution in [0.5, 0.6) is 5.75 Å². The molecule has 2 aliphatic carbocycles. The highest BCUT2D eigenvalue weighted by Gasteiger charge is 2.59. The Hall–Kier alpha value is -2.64. The molecule has 1 saturated heterocycles. The fourth-order valence-electron chi connectivity index (χ4n) is 5.71. The Bertz CT molecular complexity index is 869. The number of methoxy groups -OCH3 is 1. The Balaban J connectivity index is 1.34. The van der Waals surface area contributed by atoms with Gasteiger partial charge in [-0.3, -0.25) is 0 Å². The summed E-state index contributed by atoms with van der Waals surface area (Å²) >= 11 is 0. The van der Waals surface area contributed by atoms with Crippen LogP contribution in [0.15, 0.2) is 24.5 Å². The van der Waals surface area contributed by atoms with Crippen LogP contribution in [0.3, 0.4) is 0 Å². The van der Waals surface area contributed by atoms with Gasteiger partial charge >= 0.3 is 6.03 Å². The van der Waals surface area contributed by atoms with Crippen molar-refractivity contribution in [2.45, 2.75) is 26.2 Å². The molecule has 8 heteroatoms. The lowest BCUT2D eigenvalue weighted by atomic mass is 9.70. The number of rotatable bonds is 3. The molecule has 2 heterocycles. The number of tetrazole rings is 1. The van der Waals surface area contributed by atoms with Crippen LogP contribution in [0.4, 0.5) is 10.5 Å². The number of amides is 2. The predicted molar refractivity (Wildman–Crippen MR) is 98.7 cm³/mol. The van der Waals surface area contributed by atoms with E-state index in [1.807, 2.05) is 23.1 Å². The predicted octanol–water partition coefficient (Wildman–Crippen LogP) is 2.57. The quantitative estimate of drug-likeness (QED) is 0.900. The molecule has 0 spiro atoms. The lowest BCUT2D eigenvalue weighted by molar-refractivity contribution is 0.152. The van der Waals surface area contributed by atoms with Gasteiger partial charge in [-0.25, -0.2) is 4.79 Å². The second-order valence-electron chi connectivity index (χ2n) is 8.33. The van der Waals surface area contributed by atoms with Crippen LogP contribution in [0.2, 0.25) is 0 Å². The summed E-state index contributed by atoms with van der Waals surface area (Å²) in [5.41, 5.74) is 1.69. The molecule has 2 amide bonds. The summed E-state index contributed by atoms with van der Waals surface area (Å²) in [6.45, 7) is 4.12. The Morgan fingerprint density at radius 1 is 1.37 bits per heavy atom. The van der Waals surface area contributed by atoms with Crippen molar-refractivity contribution in [1.82, 2.24) is 25.1 Å². The second kappa shape index (κ2) is 5.94. The topological polar surface area (TPSA) is 85.2 Å². The maximum absolute atomic E-state index is 12.9. The molecule has 142 valence electrons. The van der Waals surface area contributed by atoms with Crippen molar-refractivity contribution < 1.29 is 9.53 Å². The first-order valence-corrected chi connectivity index (χ1v) is 9.56. The molecule has 3 aliphatic rings. The first-order chi connectivity index (χ1) is 13.1. The number of carbonyl (C=O) groups is 1. The Morgan fingerprint density at radius 2 is 2.26 bits per heavy atom. The molecule has 4 atom stereocenters. The van der Waals surface area contributed by atoms with Gasteiger partial charge in [0.2, 0.25) is 0 Å². The Kier molecular flexibility index (Phi) is 3.63. The SMILES string of the molecule is COc1ccc(NC(=O)N2CC3[C@@H]4CC[C@@H](C4)[C@@]3(C)C2)cc1-n1cnnn1. The summed E-state index contributed by atoms with van der Waals surface area (Å²) in [7, 11) is 1.60. The van der Waals surface area contributed by atoms with Gasteiger partial charge in [0, 0.05) is 18.8 Å². The highest BCUT2D eigenvalue weighted by atomic mass is 16.5. The van der Waals surface area contributed by atoms with E-state index in [0.717, 1.165) is 24.9 Å². The summed E-state index contributed by atoms with van der Waals surface area (Å²) in [6.07, 6.45) is 5.54. The van der Waals surface area contributed by atoms with Crippen molar-refractivity contribution in [2.75, 3.05) is 25.5 Å². The first kappa shape index (κ1) is 16.5. The van der Waals surface area contributed by atoms with Crippen LogP contribution in [-0.4, -0.2) is 51.3 Å². The largest absolute Gasteiger partial charge is 0.494 e. The zero-order valence-corrected chi connectivity index (χ0v) is 15.6. The second-order valence-corrected chi connectivity index (χ2v) is 8.33. The number of nitrogens with one attached hydrogen (secondary N) is 1. The van der Waals surface area contributed by atoms with Crippen molar-refractivity contribution in [3.05, 3.63) is 24.5 Å². The molecular formula is C19H24N6O2. The zero-order chi connectivity index (χ0) is 18.6. The molecule has 1 aromatic carbocycles. The van der Waals surface area contributed by atoms with Gasteiger partial charge in [0.15, 0.2) is 0 Å². The van der Waals surface area contributed by atoms with Gasteiger partial charge in [-0.05, 0) is 71.1 Å². The van der Waals surface area contributed by atoms with E-state index in [4.69, 9.17) is 4.74 Å². The van der Waals surface area contributed by atoms with Crippen LogP contribution in [0.1, 0.15) is 26.2 Å². The molecular weight excluding hydrogens is 344 g/mol. The smallest absolute Gasteiger partial charge is 0.321 e. The third-order valence-electron chi connectivity index (χ3n) is 7.08. The lowest BCUT2D eigenvalue weighted by Crippen LogP contribution is -2.36. The number of benzene rings is 1. The van der Waals surface area contributed by atoms with Gasteiger partial charge in [-0.2, -0.15) is 4.68 Å². The average molecular weight is 368 g/mol. The number of fused-ring (bicyclic) bond motifs is 5. The number of nitrogens with zero attached hydrogens (tertiary/aromatic N) is 5. The van der Waals surface area contributed by atoms with Gasteiger partial charge in [0.25, 0.3) is 0 Å². The maximum Gasteiger partial charge on any atom is 0.321 e. The number of ether oxygens (including phenoxy) is 1. The van der Waals surface area contributed by atoms with E-state index < -0.39 is 0 Å². The standard InChI is InChI=1S/C19H24N6O2/c1-19-10-24(9-15(19)12-3-4-13(19)7-12)18(26)21-14-5-6-17(27-2)16(8-14)25-11-20-22-23-25/h5-6,8,11-13,15H,3-4,7,9-10H2,1-2H3,(H,21,26)/t12-,13+,15?,19-/m1/s1. The average Bonchev–Trinajstić information content (AvgIpc) is 3.43. The van der Waals surface area contributed by atoms with Crippen molar-refractivity contribution in [3.63, 3.8) is 0 Å². The third-order valence-corrected chi connectivity index (χ3v) is 7.08. The van der Waals surface area contributed by atoms with Gasteiger partial charge in [-0.15, -0.1) is 5.10 Å². The molecule has 1 aliphatic heterocycles. The van der Waals surface area contributed by atoms with E-state index in [-0.39, 0.29) is 6.03 Å². The van der Waals surface area contributed by atoms with E-state index >= 15 is 0 Å². The monoisotopic (exact) mass is 368 g/mol. The number of hydrogen-bond acceptors (Lipinski definition) is 5. The van der Waals surface area contributed by atoms with Crippen LogP contribution in [-0.2, 0) is 0 Å². The molecule has 2 saturated carbocycles. The number of urea groups is 1. The maximum atomic E-state index is 12.9. The minimum Gasteiger partial charge on any atom is -0.494 e. The summed E-state index contributed by atoms with van der Waals surface area (Å²) in [6, 6.07) is 5.45. The highest BCUT2D eigenvalue weighted by molar-refractivity contribution is 5.90. The van der Waals surface area contributed by atoms with Crippen molar-refractivity contribution in [1.29, 1.82) is 0 Å². The Labute approximate surface area is 157 Å². The van der Waals surface area contributed by atoms with Gasteiger partial charge in [0.1, 0.15) is 17.8 Å². The van der Waals surface area contributed by atoms with E-state index in [0.29, 0.717) is 28.5 Å². The highest BCUT2D eigenvalue weighted by Crippen LogP contribution is 2.62. The Morgan fingerprint density at radius 3 is 3.00 bits per heavy atom. The summed E-state index contributed by atoms with van der Waals surface area (Å²) in [4.78, 5) is 14.9. The van der Waals surface area contributed by atoms with Crippen molar-refractivity contribution >= 4 is 11.7 Å². The third kappa shape index (κ3) is 2.49. The number of aromatic nitrogens is 4. The molecule has 27 heavy (non-hydrogen) atoms. The van der Waals surface area contributed by atoms with Crippen LogP contribution < -0.4 is 10.1 Å². The van der Waals surface area contributed by atoms with E-state index in [1.165, 1.54) is 30.3 Å². The van der Waals surface area contributed by atoms with Crippen LogP contribution in [0.25, 0.3) is 5.69 Å². The summed E-state index contributed by atoms with van der Waals surface area (Å²) in [5, 5.41) is 14.3. The number of hydrogen-bond donors (Lipinski definition) is 1. The van der Waals surface area contributed by atoms with Gasteiger partial charge < -0.3 is 15.0 Å². The molecule has 2 bridgehead atoms. The van der Waals surface area contributed by atoms with Crippen molar-refractivity contribution in [3.8, 4) is 11.4 Å². The van der Waals surface area contributed by atoms with E-state index in [2.05, 4.69) is 27.8 Å². The molecule has 1 unspecified atom stereocenters. The number of carbonyl (C=O) groups excluding carboxylic acids is 1. The number of likely N-dealkylation sites (tertiary alicyclic amines) is 1. The number of anilines is 1. The fourth-order valence-corrected chi connectivity index (χ4v) is 5.71. The molecule has 8 nitrogen and oxygen atoms in total. The summed E-state index contributed by atoms with van der Waals surface area (Å²) in [5.74, 6) is 2.90. The molecule has 3 fully saturated rings.